The third kappa shape index (κ3) is 3.09. The number of hydrogen-bond acceptors (Lipinski definition) is 3. The molecular formula is C14H21N3S. The van der Waals surface area contributed by atoms with Crippen molar-refractivity contribution in [1.82, 2.24) is 9.88 Å². The van der Waals surface area contributed by atoms with Crippen LogP contribution in [0.3, 0.4) is 0 Å². The van der Waals surface area contributed by atoms with Gasteiger partial charge in [-0.1, -0.05) is 12.8 Å². The van der Waals surface area contributed by atoms with Crippen LogP contribution in [-0.4, -0.2) is 22.1 Å². The van der Waals surface area contributed by atoms with Gasteiger partial charge in [-0.15, -0.1) is 0 Å². The maximum Gasteiger partial charge on any atom is 0.120 e. The van der Waals surface area contributed by atoms with Crippen LogP contribution in [-0.2, 0) is 13.6 Å². The molecule has 2 unspecified atom stereocenters. The maximum absolute atomic E-state index is 8.93. The molecule has 0 radical (unpaired) electrons. The van der Waals surface area contributed by atoms with Crippen LogP contribution in [0.1, 0.15) is 36.9 Å². The fraction of sp³-hybridized carbons (Fsp3) is 0.643. The van der Waals surface area contributed by atoms with Gasteiger partial charge in [-0.3, -0.25) is 0 Å². The normalized spacial score (nSPS) is 23.8. The highest BCUT2D eigenvalue weighted by atomic mass is 32.2. The molecule has 1 heterocycles. The summed E-state index contributed by atoms with van der Waals surface area (Å²) in [6.07, 6.45) is 9.57. The van der Waals surface area contributed by atoms with Crippen LogP contribution in [0.4, 0.5) is 0 Å². The third-order valence-electron chi connectivity index (χ3n) is 3.75. The first-order valence-corrected chi connectivity index (χ1v) is 7.85. The molecule has 0 saturated heterocycles. The first-order chi connectivity index (χ1) is 8.74. The van der Waals surface area contributed by atoms with Crippen molar-refractivity contribution in [2.45, 2.75) is 43.5 Å². The Morgan fingerprint density at radius 2 is 2.28 bits per heavy atom. The largest absolute Gasteiger partial charge is 0.342 e. The number of thioether (sulfide) groups is 1. The van der Waals surface area contributed by atoms with Crippen molar-refractivity contribution in [1.29, 1.82) is 5.26 Å². The molecule has 1 aliphatic rings. The third-order valence-corrected chi connectivity index (χ3v) is 4.92. The van der Waals surface area contributed by atoms with E-state index in [0.29, 0.717) is 6.04 Å². The summed E-state index contributed by atoms with van der Waals surface area (Å²) in [5.74, 6) is 0. The van der Waals surface area contributed by atoms with Crippen molar-refractivity contribution in [3.05, 3.63) is 23.5 Å². The minimum Gasteiger partial charge on any atom is -0.342 e. The lowest BCUT2D eigenvalue weighted by atomic mass is 9.95. The molecule has 98 valence electrons. The average Bonchev–Trinajstić information content (AvgIpc) is 2.77. The second-order valence-corrected chi connectivity index (χ2v) is 6.08. The minimum absolute atomic E-state index is 0.625. The molecule has 1 aromatic rings. The van der Waals surface area contributed by atoms with Gasteiger partial charge in [0.1, 0.15) is 11.8 Å². The molecule has 2 atom stereocenters. The van der Waals surface area contributed by atoms with E-state index in [1.165, 1.54) is 31.2 Å². The molecule has 4 heteroatoms. The molecule has 0 aromatic carbocycles. The van der Waals surface area contributed by atoms with E-state index in [9.17, 15) is 0 Å². The molecule has 18 heavy (non-hydrogen) atoms. The second kappa shape index (κ2) is 6.31. The number of nitriles is 1. The van der Waals surface area contributed by atoms with Gasteiger partial charge in [0.05, 0.1) is 0 Å². The highest BCUT2D eigenvalue weighted by molar-refractivity contribution is 7.99. The van der Waals surface area contributed by atoms with Gasteiger partial charge in [-0.2, -0.15) is 17.0 Å². The summed E-state index contributed by atoms with van der Waals surface area (Å²) in [4.78, 5) is 0. The van der Waals surface area contributed by atoms with E-state index in [4.69, 9.17) is 5.26 Å². The van der Waals surface area contributed by atoms with Gasteiger partial charge in [0.15, 0.2) is 0 Å². The summed E-state index contributed by atoms with van der Waals surface area (Å²) in [5.41, 5.74) is 1.94. The van der Waals surface area contributed by atoms with E-state index in [1.807, 2.05) is 35.6 Å². The molecule has 2 rings (SSSR count). The molecule has 1 aliphatic carbocycles. The number of nitrogens with zero attached hydrogens (tertiary/aromatic N) is 2. The molecule has 3 nitrogen and oxygen atoms in total. The molecule has 0 aliphatic heterocycles. The van der Waals surface area contributed by atoms with E-state index in [0.717, 1.165) is 17.5 Å². The van der Waals surface area contributed by atoms with Crippen molar-refractivity contribution >= 4 is 11.8 Å². The average molecular weight is 263 g/mol. The van der Waals surface area contributed by atoms with Crippen molar-refractivity contribution in [3.63, 3.8) is 0 Å². The van der Waals surface area contributed by atoms with Gasteiger partial charge >= 0.3 is 0 Å². The summed E-state index contributed by atoms with van der Waals surface area (Å²) in [5, 5.41) is 13.3. The van der Waals surface area contributed by atoms with Crippen LogP contribution in [0, 0.1) is 11.3 Å². The van der Waals surface area contributed by atoms with Gasteiger partial charge in [0.25, 0.3) is 0 Å². The van der Waals surface area contributed by atoms with Crippen molar-refractivity contribution in [2.75, 3.05) is 6.26 Å². The Bertz CT molecular complexity index is 433. The van der Waals surface area contributed by atoms with Crippen molar-refractivity contribution in [3.8, 4) is 6.07 Å². The van der Waals surface area contributed by atoms with E-state index in [2.05, 4.69) is 17.6 Å². The molecule has 1 aromatic heterocycles. The van der Waals surface area contributed by atoms with Crippen LogP contribution >= 0.6 is 11.8 Å². The monoisotopic (exact) mass is 263 g/mol. The summed E-state index contributed by atoms with van der Waals surface area (Å²) in [6.45, 7) is 0.872. The first-order valence-electron chi connectivity index (χ1n) is 6.56. The Kier molecular flexibility index (Phi) is 4.73. The molecular weight excluding hydrogens is 242 g/mol. The first kappa shape index (κ1) is 13.5. The van der Waals surface area contributed by atoms with Crippen LogP contribution < -0.4 is 5.32 Å². The molecule has 0 spiro atoms. The summed E-state index contributed by atoms with van der Waals surface area (Å²) < 4.78 is 1.89. The van der Waals surface area contributed by atoms with E-state index >= 15 is 0 Å². The Hall–Kier alpha value is -0.920. The minimum atomic E-state index is 0.625. The maximum atomic E-state index is 8.93. The Labute approximate surface area is 114 Å². The van der Waals surface area contributed by atoms with E-state index in [-0.39, 0.29) is 0 Å². The van der Waals surface area contributed by atoms with E-state index in [1.54, 1.807) is 0 Å². The Morgan fingerprint density at radius 1 is 1.50 bits per heavy atom. The molecule has 1 N–H and O–H groups in total. The smallest absolute Gasteiger partial charge is 0.120 e. The number of aromatic nitrogens is 1. The predicted octanol–water partition coefficient (Wildman–Crippen LogP) is 2.66. The summed E-state index contributed by atoms with van der Waals surface area (Å²) >= 11 is 1.98. The standard InChI is InChI=1S/C14H21N3S/c1-17-10-11(7-12(17)8-15)9-16-13-5-3-4-6-14(13)18-2/h7,10,13-14,16H,3-6,9H2,1-2H3. The van der Waals surface area contributed by atoms with E-state index < -0.39 is 0 Å². The van der Waals surface area contributed by atoms with Gasteiger partial charge in [0, 0.05) is 31.1 Å². The quantitative estimate of drug-likeness (QED) is 0.908. The summed E-state index contributed by atoms with van der Waals surface area (Å²) in [7, 11) is 1.92. The fourth-order valence-electron chi connectivity index (χ4n) is 2.70. The number of aryl methyl sites for hydroxylation is 1. The Morgan fingerprint density at radius 3 is 2.94 bits per heavy atom. The van der Waals surface area contributed by atoms with Crippen molar-refractivity contribution < 1.29 is 0 Å². The molecule has 0 amide bonds. The fourth-order valence-corrected chi connectivity index (χ4v) is 3.67. The van der Waals surface area contributed by atoms with Crippen molar-refractivity contribution in [2.24, 2.45) is 7.05 Å². The predicted molar refractivity (Wildman–Crippen MR) is 76.5 cm³/mol. The topological polar surface area (TPSA) is 40.8 Å². The highest BCUT2D eigenvalue weighted by Gasteiger charge is 2.23. The Balaban J connectivity index is 1.92. The zero-order valence-corrected chi connectivity index (χ0v) is 12.0. The lowest BCUT2D eigenvalue weighted by Gasteiger charge is -2.31. The molecule has 0 bridgehead atoms. The van der Waals surface area contributed by atoms with Gasteiger partial charge in [-0.05, 0) is 30.7 Å². The highest BCUT2D eigenvalue weighted by Crippen LogP contribution is 2.27. The van der Waals surface area contributed by atoms with Crippen LogP contribution in [0.5, 0.6) is 0 Å². The van der Waals surface area contributed by atoms with Gasteiger partial charge in [0.2, 0.25) is 0 Å². The molecule has 1 saturated carbocycles. The zero-order chi connectivity index (χ0) is 13.0. The van der Waals surface area contributed by atoms with Crippen LogP contribution in [0.2, 0.25) is 0 Å². The van der Waals surface area contributed by atoms with Gasteiger partial charge < -0.3 is 9.88 Å². The number of rotatable bonds is 4. The summed E-state index contributed by atoms with van der Waals surface area (Å²) in [6, 6.07) is 4.81. The number of nitrogens with one attached hydrogen (secondary N) is 1. The SMILES string of the molecule is CSC1CCCCC1NCc1cc(C#N)n(C)c1. The zero-order valence-electron chi connectivity index (χ0n) is 11.1. The lowest BCUT2D eigenvalue weighted by Crippen LogP contribution is -2.39. The number of hydrogen-bond donors (Lipinski definition) is 1. The lowest BCUT2D eigenvalue weighted by molar-refractivity contribution is 0.383. The van der Waals surface area contributed by atoms with Crippen LogP contribution in [0.25, 0.3) is 0 Å². The molecule has 1 fully saturated rings. The van der Waals surface area contributed by atoms with Gasteiger partial charge in [-0.25, -0.2) is 0 Å². The second-order valence-electron chi connectivity index (χ2n) is 5.00. The van der Waals surface area contributed by atoms with Crippen LogP contribution in [0.15, 0.2) is 12.3 Å².